The van der Waals surface area contributed by atoms with E-state index in [4.69, 9.17) is 33.9 Å². The van der Waals surface area contributed by atoms with Gasteiger partial charge in [0.25, 0.3) is 10.3 Å². The summed E-state index contributed by atoms with van der Waals surface area (Å²) in [5.74, 6) is -3.78. The molecule has 2 aliphatic carbocycles. The van der Waals surface area contributed by atoms with E-state index in [0.29, 0.717) is 11.4 Å². The van der Waals surface area contributed by atoms with Crippen molar-refractivity contribution in [1.82, 2.24) is 0 Å². The average molecular weight is 707 g/mol. The second kappa shape index (κ2) is 22.2. The normalized spacial score (nSPS) is 11.3. The Kier molecular flexibility index (Phi) is 18.4. The van der Waals surface area contributed by atoms with Gasteiger partial charge in [-0.3, -0.25) is 12.2 Å². The Balaban J connectivity index is 0.000000248. The fraction of sp³-hybridized carbons (Fsp3) is 0.0556. The number of halogens is 4. The third kappa shape index (κ3) is 16.2. The van der Waals surface area contributed by atoms with E-state index < -0.39 is 23.3 Å². The van der Waals surface area contributed by atoms with Crippen molar-refractivity contribution in [3.8, 4) is 11.5 Å². The largest absolute Gasteiger partial charge is 4.00 e. The molecule has 0 amide bonds. The molecule has 0 aromatic heterocycles. The van der Waals surface area contributed by atoms with E-state index in [0.717, 1.165) is 37.1 Å². The molecule has 0 aliphatic heterocycles. The number of nitrogens with one attached hydrogen (secondary N) is 2. The van der Waals surface area contributed by atoms with Gasteiger partial charge in [0, 0.05) is 23.0 Å². The van der Waals surface area contributed by atoms with E-state index in [2.05, 4.69) is 34.9 Å². The molecule has 0 heterocycles. The van der Waals surface area contributed by atoms with Crippen molar-refractivity contribution in [2.24, 2.45) is 0 Å². The van der Waals surface area contributed by atoms with Crippen LogP contribution in [0.4, 0.5) is 28.9 Å². The molecular weight excluding hydrogens is 680 g/mol. The number of hydrogen-bond acceptors (Lipinski definition) is 4. The van der Waals surface area contributed by atoms with Gasteiger partial charge >= 0.3 is 21.7 Å². The monoisotopic (exact) mass is 706 g/mol. The molecule has 4 aromatic carbocycles. The Morgan fingerprint density at radius 1 is 0.574 bits per heavy atom. The smallest absolute Gasteiger partial charge is 0.493 e. The number of benzene rings is 4. The summed E-state index contributed by atoms with van der Waals surface area (Å²) in [6.07, 6.45) is 20.0. The number of anilines is 2. The molecule has 0 fully saturated rings. The molecular formula is C36H26F4N2O2S2Ti. The fourth-order valence-electron chi connectivity index (χ4n) is 3.23. The number of thiocarbonyl (C=S) groups is 2. The van der Waals surface area contributed by atoms with E-state index in [9.17, 15) is 17.6 Å². The number of para-hydroxylation sites is 2. The van der Waals surface area contributed by atoms with Crippen molar-refractivity contribution in [3.05, 3.63) is 169 Å². The average Bonchev–Trinajstić information content (AvgIpc) is 3.82. The minimum atomic E-state index is -0.924. The molecule has 6 rings (SSSR count). The Morgan fingerprint density at radius 2 is 0.957 bits per heavy atom. The van der Waals surface area contributed by atoms with Crippen molar-refractivity contribution in [2.45, 2.75) is 12.8 Å². The van der Waals surface area contributed by atoms with Gasteiger partial charge in [-0.05, 0) is 48.7 Å². The number of hydrogen-bond donors (Lipinski definition) is 2. The molecule has 0 spiro atoms. The fourth-order valence-corrected chi connectivity index (χ4v) is 3.64. The van der Waals surface area contributed by atoms with Crippen molar-refractivity contribution >= 4 is 46.2 Å². The Morgan fingerprint density at radius 3 is 1.23 bits per heavy atom. The molecule has 0 saturated heterocycles. The van der Waals surface area contributed by atoms with Crippen LogP contribution in [0.3, 0.4) is 0 Å². The van der Waals surface area contributed by atoms with E-state index >= 15 is 0 Å². The van der Waals surface area contributed by atoms with Gasteiger partial charge < -0.3 is 20.1 Å². The predicted octanol–water partition coefficient (Wildman–Crippen LogP) is 9.69. The second-order valence-corrected chi connectivity index (χ2v) is 9.48. The molecule has 11 heteroatoms. The van der Waals surface area contributed by atoms with Crippen LogP contribution in [0.15, 0.2) is 121 Å². The summed E-state index contributed by atoms with van der Waals surface area (Å²) in [5, 5.41) is 5.48. The first-order chi connectivity index (χ1) is 22.3. The minimum absolute atomic E-state index is 0. The SMILES string of the molecule is Fc1[c-]c(F)c(OC(=S)Nc2ccccc2)cc1.Fc1[c-]c(F)c(OC(=S)Nc2ccccc2)cc1.[C-]1=CC=CC1.[C-]1=CC=CC1.[Ti+4]. The maximum Gasteiger partial charge on any atom is 4.00 e. The summed E-state index contributed by atoms with van der Waals surface area (Å²) in [5.41, 5.74) is 1.43. The van der Waals surface area contributed by atoms with E-state index in [1.165, 1.54) is 0 Å². The molecule has 0 radical (unpaired) electrons. The summed E-state index contributed by atoms with van der Waals surface area (Å²) in [7, 11) is 0. The van der Waals surface area contributed by atoms with Crippen LogP contribution in [-0.4, -0.2) is 10.3 Å². The Bertz CT molecular complexity index is 1540. The van der Waals surface area contributed by atoms with Crippen LogP contribution < -0.4 is 20.1 Å². The van der Waals surface area contributed by atoms with Crippen LogP contribution >= 0.6 is 24.4 Å². The van der Waals surface area contributed by atoms with Gasteiger partial charge in [-0.15, -0.1) is 49.2 Å². The van der Waals surface area contributed by atoms with Crippen LogP contribution in [0.2, 0.25) is 0 Å². The van der Waals surface area contributed by atoms with E-state index in [1.807, 2.05) is 72.8 Å². The van der Waals surface area contributed by atoms with E-state index in [1.54, 1.807) is 24.3 Å². The zero-order valence-corrected chi connectivity index (χ0v) is 27.8. The summed E-state index contributed by atoms with van der Waals surface area (Å²) < 4.78 is 61.9. The first-order valence-corrected chi connectivity index (χ1v) is 14.4. The van der Waals surface area contributed by atoms with Gasteiger partial charge in [-0.25, -0.2) is 41.9 Å². The molecule has 0 saturated carbocycles. The van der Waals surface area contributed by atoms with Crippen LogP contribution in [0.25, 0.3) is 0 Å². The summed E-state index contributed by atoms with van der Waals surface area (Å²) in [4.78, 5) is 0. The topological polar surface area (TPSA) is 42.5 Å². The Labute approximate surface area is 297 Å². The number of rotatable bonds is 4. The van der Waals surface area contributed by atoms with Crippen LogP contribution in [-0.2, 0) is 21.7 Å². The molecule has 2 N–H and O–H groups in total. The van der Waals surface area contributed by atoms with Crippen molar-refractivity contribution < 1.29 is 48.8 Å². The van der Waals surface area contributed by atoms with Gasteiger partial charge in [0.15, 0.2) is 0 Å². The first-order valence-electron chi connectivity index (χ1n) is 13.6. The van der Waals surface area contributed by atoms with Crippen molar-refractivity contribution in [1.29, 1.82) is 0 Å². The summed E-state index contributed by atoms with van der Waals surface area (Å²) >= 11 is 9.81. The summed E-state index contributed by atoms with van der Waals surface area (Å²) in [6, 6.07) is 26.2. The second-order valence-electron chi connectivity index (χ2n) is 8.74. The molecule has 4 aromatic rings. The molecule has 0 bridgehead atoms. The standard InChI is InChI=1S/2C13H8F2NOS.2C5H5.Ti/c2*14-9-6-7-12(11(15)8-9)17-13(18)16-10-4-2-1-3-5-10;2*1-2-4-5-3-1;/h2*1-7H,(H,16,18);2*1-3H,4H2;/q4*-1;+4. The zero-order valence-electron chi connectivity index (χ0n) is 24.6. The molecule has 4 nitrogen and oxygen atoms in total. The van der Waals surface area contributed by atoms with Gasteiger partial charge in [0.1, 0.15) is 0 Å². The zero-order chi connectivity index (χ0) is 33.0. The third-order valence-corrected chi connectivity index (χ3v) is 5.64. The minimum Gasteiger partial charge on any atom is -0.493 e. The van der Waals surface area contributed by atoms with Gasteiger partial charge in [0.05, 0.1) is 23.1 Å². The van der Waals surface area contributed by atoms with Gasteiger partial charge in [-0.2, -0.15) is 12.2 Å². The Hall–Kier alpha value is -4.35. The molecule has 236 valence electrons. The van der Waals surface area contributed by atoms with Crippen LogP contribution in [0, 0.1) is 47.6 Å². The predicted molar refractivity (Wildman–Crippen MR) is 180 cm³/mol. The number of allylic oxidation sites excluding steroid dienone is 8. The van der Waals surface area contributed by atoms with Crippen molar-refractivity contribution in [3.63, 3.8) is 0 Å². The molecule has 0 atom stereocenters. The van der Waals surface area contributed by atoms with Crippen LogP contribution in [0.5, 0.6) is 11.5 Å². The maximum atomic E-state index is 13.2. The molecule has 0 unspecified atom stereocenters. The number of ether oxygens (including phenoxy) is 2. The van der Waals surface area contributed by atoms with Crippen LogP contribution in [0.1, 0.15) is 12.8 Å². The maximum absolute atomic E-state index is 13.2. The first kappa shape index (κ1) is 38.8. The van der Waals surface area contributed by atoms with E-state index in [-0.39, 0.29) is 43.6 Å². The summed E-state index contributed by atoms with van der Waals surface area (Å²) in [6.45, 7) is 0. The quantitative estimate of drug-likeness (QED) is 0.0954. The van der Waals surface area contributed by atoms with Gasteiger partial charge in [0.2, 0.25) is 0 Å². The third-order valence-electron chi connectivity index (χ3n) is 5.27. The van der Waals surface area contributed by atoms with Crippen molar-refractivity contribution in [2.75, 3.05) is 10.6 Å². The molecule has 47 heavy (non-hydrogen) atoms. The molecule has 2 aliphatic rings. The van der Waals surface area contributed by atoms with Gasteiger partial charge in [-0.1, -0.05) is 36.4 Å².